The van der Waals surface area contributed by atoms with Crippen LogP contribution in [-0.4, -0.2) is 49.2 Å². The summed E-state index contributed by atoms with van der Waals surface area (Å²) in [4.78, 5) is 14.8. The minimum atomic E-state index is -0.0630. The molecule has 5 heteroatoms. The molecule has 2 aliphatic heterocycles. The average molecular weight is 332 g/mol. The van der Waals surface area contributed by atoms with E-state index in [0.717, 1.165) is 44.9 Å². The van der Waals surface area contributed by atoms with Gasteiger partial charge in [0.15, 0.2) is 0 Å². The molecule has 2 fully saturated rings. The third kappa shape index (κ3) is 4.28. The van der Waals surface area contributed by atoms with E-state index < -0.39 is 0 Å². The normalized spacial score (nSPS) is 21.9. The summed E-state index contributed by atoms with van der Waals surface area (Å²) in [5, 5.41) is 3.10. The van der Waals surface area contributed by atoms with E-state index in [2.05, 4.69) is 10.2 Å². The predicted molar refractivity (Wildman–Crippen MR) is 93.7 cm³/mol. The zero-order valence-corrected chi connectivity index (χ0v) is 14.6. The third-order valence-corrected chi connectivity index (χ3v) is 5.20. The number of rotatable bonds is 5. The zero-order valence-electron chi connectivity index (χ0n) is 14.6. The summed E-state index contributed by atoms with van der Waals surface area (Å²) in [6.45, 7) is 6.43. The largest absolute Gasteiger partial charge is 0.462 e. The lowest BCUT2D eigenvalue weighted by molar-refractivity contribution is -0.118. The molecule has 24 heavy (non-hydrogen) atoms. The number of carbonyl (C=O) groups is 1. The van der Waals surface area contributed by atoms with Crippen molar-refractivity contribution in [3.05, 3.63) is 29.7 Å². The fraction of sp³-hybridized carbons (Fsp3) is 0.632. The van der Waals surface area contributed by atoms with Crippen molar-refractivity contribution in [3.63, 3.8) is 0 Å². The van der Waals surface area contributed by atoms with Crippen molar-refractivity contribution in [1.29, 1.82) is 0 Å². The Balaban J connectivity index is 1.58. The van der Waals surface area contributed by atoms with Gasteiger partial charge in [-0.2, -0.15) is 0 Å². The standard InChI is InChI=1S/C19H28N2O3/c1-16-5-6-17(24-16)7-8-18(22)20-15-19(9-13-23-14-10-19)21-11-3-2-4-12-21/h5-8H,2-4,9-15H2,1H3,(H,20,22)/b8-7+. The van der Waals surface area contributed by atoms with Crippen molar-refractivity contribution in [1.82, 2.24) is 10.2 Å². The summed E-state index contributed by atoms with van der Waals surface area (Å²) in [6, 6.07) is 3.76. The van der Waals surface area contributed by atoms with Gasteiger partial charge < -0.3 is 14.5 Å². The number of amides is 1. The Morgan fingerprint density at radius 2 is 2.00 bits per heavy atom. The number of likely N-dealkylation sites (tertiary alicyclic amines) is 1. The van der Waals surface area contributed by atoms with Crippen LogP contribution in [0.3, 0.4) is 0 Å². The van der Waals surface area contributed by atoms with Crippen LogP contribution < -0.4 is 5.32 Å². The van der Waals surface area contributed by atoms with Crippen LogP contribution in [0, 0.1) is 6.92 Å². The molecule has 2 saturated heterocycles. The van der Waals surface area contributed by atoms with E-state index in [-0.39, 0.29) is 11.4 Å². The molecule has 0 radical (unpaired) electrons. The minimum absolute atomic E-state index is 0.0590. The molecule has 0 aromatic carbocycles. The molecule has 2 aliphatic rings. The summed E-state index contributed by atoms with van der Waals surface area (Å²) in [6.07, 6.45) is 9.10. The Morgan fingerprint density at radius 1 is 1.25 bits per heavy atom. The van der Waals surface area contributed by atoms with E-state index in [0.29, 0.717) is 12.3 Å². The van der Waals surface area contributed by atoms with Crippen molar-refractivity contribution in [3.8, 4) is 0 Å². The molecule has 5 nitrogen and oxygen atoms in total. The maximum absolute atomic E-state index is 12.2. The molecule has 1 amide bonds. The number of nitrogens with one attached hydrogen (secondary N) is 1. The first-order valence-corrected chi connectivity index (χ1v) is 9.03. The lowest BCUT2D eigenvalue weighted by atomic mass is 9.86. The highest BCUT2D eigenvalue weighted by molar-refractivity contribution is 5.91. The molecule has 0 saturated carbocycles. The van der Waals surface area contributed by atoms with E-state index in [1.165, 1.54) is 19.3 Å². The van der Waals surface area contributed by atoms with Crippen molar-refractivity contribution in [2.75, 3.05) is 32.8 Å². The summed E-state index contributed by atoms with van der Waals surface area (Å²) >= 11 is 0. The maximum Gasteiger partial charge on any atom is 0.244 e. The van der Waals surface area contributed by atoms with Gasteiger partial charge in [-0.25, -0.2) is 0 Å². The van der Waals surface area contributed by atoms with Crippen LogP contribution in [0.5, 0.6) is 0 Å². The van der Waals surface area contributed by atoms with E-state index in [4.69, 9.17) is 9.15 Å². The van der Waals surface area contributed by atoms with Gasteiger partial charge in [0.1, 0.15) is 11.5 Å². The monoisotopic (exact) mass is 332 g/mol. The number of hydrogen-bond acceptors (Lipinski definition) is 4. The smallest absolute Gasteiger partial charge is 0.244 e. The number of aryl methyl sites for hydroxylation is 1. The van der Waals surface area contributed by atoms with Gasteiger partial charge in [0.25, 0.3) is 0 Å². The van der Waals surface area contributed by atoms with Gasteiger partial charge in [0.2, 0.25) is 5.91 Å². The molecule has 1 aromatic rings. The molecule has 0 bridgehead atoms. The second-order valence-corrected chi connectivity index (χ2v) is 6.88. The van der Waals surface area contributed by atoms with E-state index in [9.17, 15) is 4.79 Å². The van der Waals surface area contributed by atoms with E-state index in [1.807, 2.05) is 19.1 Å². The van der Waals surface area contributed by atoms with Crippen molar-refractivity contribution < 1.29 is 13.9 Å². The van der Waals surface area contributed by atoms with Crippen LogP contribution in [0.15, 0.2) is 22.6 Å². The molecule has 1 aromatic heterocycles. The molecular weight excluding hydrogens is 304 g/mol. The van der Waals surface area contributed by atoms with Gasteiger partial charge in [0, 0.05) is 31.4 Å². The molecule has 3 rings (SSSR count). The number of hydrogen-bond donors (Lipinski definition) is 1. The summed E-state index contributed by atoms with van der Waals surface area (Å²) in [5.41, 5.74) is 0.0590. The summed E-state index contributed by atoms with van der Waals surface area (Å²) in [7, 11) is 0. The quantitative estimate of drug-likeness (QED) is 0.843. The summed E-state index contributed by atoms with van der Waals surface area (Å²) < 4.78 is 11.0. The van der Waals surface area contributed by atoms with Crippen LogP contribution >= 0.6 is 0 Å². The number of furan rings is 1. The van der Waals surface area contributed by atoms with Gasteiger partial charge in [-0.1, -0.05) is 6.42 Å². The highest BCUT2D eigenvalue weighted by Crippen LogP contribution is 2.30. The van der Waals surface area contributed by atoms with Gasteiger partial charge in [-0.05, 0) is 63.9 Å². The number of ether oxygens (including phenoxy) is 1. The second-order valence-electron chi connectivity index (χ2n) is 6.88. The van der Waals surface area contributed by atoms with Gasteiger partial charge >= 0.3 is 0 Å². The van der Waals surface area contributed by atoms with Crippen molar-refractivity contribution >= 4 is 12.0 Å². The first kappa shape index (κ1) is 17.2. The third-order valence-electron chi connectivity index (χ3n) is 5.20. The van der Waals surface area contributed by atoms with Crippen LogP contribution in [0.2, 0.25) is 0 Å². The fourth-order valence-corrected chi connectivity index (χ4v) is 3.74. The van der Waals surface area contributed by atoms with Gasteiger partial charge in [0.05, 0.1) is 0 Å². The van der Waals surface area contributed by atoms with Crippen LogP contribution in [-0.2, 0) is 9.53 Å². The molecule has 132 valence electrons. The first-order valence-electron chi connectivity index (χ1n) is 9.03. The Kier molecular flexibility index (Phi) is 5.74. The SMILES string of the molecule is Cc1ccc(/C=C/C(=O)NCC2(N3CCCCC3)CCOCC2)o1. The summed E-state index contributed by atoms with van der Waals surface area (Å²) in [5.74, 6) is 1.49. The predicted octanol–water partition coefficient (Wildman–Crippen LogP) is 2.75. The lowest BCUT2D eigenvalue weighted by Gasteiger charge is -2.48. The maximum atomic E-state index is 12.2. The van der Waals surface area contributed by atoms with E-state index in [1.54, 1.807) is 12.2 Å². The van der Waals surface area contributed by atoms with Crippen LogP contribution in [0.4, 0.5) is 0 Å². The molecule has 0 unspecified atom stereocenters. The average Bonchev–Trinajstić information content (AvgIpc) is 3.05. The zero-order chi connectivity index (χ0) is 16.8. The second kappa shape index (κ2) is 7.99. The minimum Gasteiger partial charge on any atom is -0.462 e. The van der Waals surface area contributed by atoms with Crippen LogP contribution in [0.25, 0.3) is 6.08 Å². The highest BCUT2D eigenvalue weighted by atomic mass is 16.5. The van der Waals surface area contributed by atoms with Crippen molar-refractivity contribution in [2.45, 2.75) is 44.6 Å². The molecule has 0 atom stereocenters. The molecular formula is C19H28N2O3. The van der Waals surface area contributed by atoms with E-state index >= 15 is 0 Å². The van der Waals surface area contributed by atoms with Crippen LogP contribution in [0.1, 0.15) is 43.6 Å². The molecule has 1 N–H and O–H groups in total. The molecule has 0 spiro atoms. The molecule has 3 heterocycles. The number of nitrogens with zero attached hydrogens (tertiary/aromatic N) is 1. The molecule has 0 aliphatic carbocycles. The number of piperidine rings is 1. The van der Waals surface area contributed by atoms with Gasteiger partial charge in [-0.15, -0.1) is 0 Å². The topological polar surface area (TPSA) is 54.7 Å². The van der Waals surface area contributed by atoms with Gasteiger partial charge in [-0.3, -0.25) is 9.69 Å². The number of carbonyl (C=O) groups excluding carboxylic acids is 1. The lowest BCUT2D eigenvalue weighted by Crippen LogP contribution is -2.59. The Bertz CT molecular complexity index is 567. The van der Waals surface area contributed by atoms with Crippen molar-refractivity contribution in [2.24, 2.45) is 0 Å². The first-order chi connectivity index (χ1) is 11.7. The Labute approximate surface area is 144 Å². The highest BCUT2D eigenvalue weighted by Gasteiger charge is 2.38. The Morgan fingerprint density at radius 3 is 2.67 bits per heavy atom. The Hall–Kier alpha value is -1.59. The fourth-order valence-electron chi connectivity index (χ4n) is 3.74.